The van der Waals surface area contributed by atoms with Gasteiger partial charge >= 0.3 is 7.60 Å². The Bertz CT molecular complexity index is 43.8. The lowest BCUT2D eigenvalue weighted by Crippen LogP contribution is -3.00. The fraction of sp³-hybridized carbons (Fsp3) is 1.00. The van der Waals surface area contributed by atoms with E-state index >= 15 is 0 Å². The lowest BCUT2D eigenvalue weighted by Gasteiger charge is -1.93. The normalized spacial score (nSPS) is 10.3. The lowest BCUT2D eigenvalue weighted by molar-refractivity contribution is -0.142. The van der Waals surface area contributed by atoms with Crippen molar-refractivity contribution < 1.29 is 31.4 Å². The molecule has 0 bridgehead atoms. The third-order valence-electron chi connectivity index (χ3n) is 0.152. The summed E-state index contributed by atoms with van der Waals surface area (Å²) in [6.45, 7) is -2.23. The molecular formula is C2H3ClF4. The van der Waals surface area contributed by atoms with Crippen molar-refractivity contribution in [1.29, 1.82) is 0 Å². The van der Waals surface area contributed by atoms with Gasteiger partial charge in [-0.2, -0.15) is 13.2 Å². The van der Waals surface area contributed by atoms with Crippen LogP contribution in [-0.4, -0.2) is 12.9 Å². The molecule has 0 saturated carbocycles. The Hall–Kier alpha value is 0.01000. The Kier molecular flexibility index (Phi) is 4.42. The molecule has 0 spiro atoms. The molecule has 0 aliphatic rings. The molecule has 0 aliphatic carbocycles. The first-order valence-corrected chi connectivity index (χ1v) is 1.19. The van der Waals surface area contributed by atoms with Gasteiger partial charge in [-0.1, -0.05) is 0 Å². The molecule has 0 amide bonds. The molecule has 0 heterocycles. The number of hydrogen-bond acceptors (Lipinski definition) is 0. The number of hydrogen-bond donors (Lipinski definition) is 0. The Morgan fingerprint density at radius 3 is 1.43 bits per heavy atom. The van der Waals surface area contributed by atoms with E-state index in [9.17, 15) is 17.6 Å². The van der Waals surface area contributed by atoms with Crippen molar-refractivity contribution in [1.82, 2.24) is 0 Å². The maximum atomic E-state index is 10.4. The second-order valence-corrected chi connectivity index (χ2v) is 0.749. The van der Waals surface area contributed by atoms with Gasteiger partial charge in [0.15, 0.2) is 6.67 Å². The molecule has 0 unspecified atom stereocenters. The van der Waals surface area contributed by atoms with Gasteiger partial charge in [0.25, 0.3) is 0 Å². The molecular weight excluding hydrogens is 135 g/mol. The van der Waals surface area contributed by atoms with Crippen molar-refractivity contribution in [2.24, 2.45) is 0 Å². The highest BCUT2D eigenvalue weighted by Gasteiger charge is 2.26. The first-order valence-electron chi connectivity index (χ1n) is 1.19. The van der Waals surface area contributed by atoms with Gasteiger partial charge < -0.3 is 12.4 Å². The van der Waals surface area contributed by atoms with Crippen LogP contribution in [0.4, 0.5) is 17.6 Å². The van der Waals surface area contributed by atoms with Crippen molar-refractivity contribution in [2.45, 2.75) is 6.18 Å². The van der Waals surface area contributed by atoms with E-state index in [0.29, 0.717) is 0 Å². The van der Waals surface area contributed by atoms with Crippen LogP contribution in [0.15, 0.2) is 0 Å². The summed E-state index contributed by atoms with van der Waals surface area (Å²) in [5, 5.41) is 0. The number of halogens is 5. The first kappa shape index (κ1) is 10.1. The summed E-state index contributed by atoms with van der Waals surface area (Å²) in [6.07, 6.45) is -4.62. The van der Waals surface area contributed by atoms with E-state index in [1.54, 1.807) is 0 Å². The van der Waals surface area contributed by atoms with Crippen LogP contribution in [0.1, 0.15) is 1.43 Å². The molecule has 0 aromatic carbocycles. The maximum Gasteiger partial charge on any atom is 1.00 e. The summed E-state index contributed by atoms with van der Waals surface area (Å²) in [4.78, 5) is 0. The smallest absolute Gasteiger partial charge is 1.00 e. The van der Waals surface area contributed by atoms with E-state index in [0.717, 1.165) is 0 Å². The van der Waals surface area contributed by atoms with Crippen LogP contribution in [0.3, 0.4) is 0 Å². The maximum absolute atomic E-state index is 10.4. The molecule has 0 aliphatic heterocycles. The summed E-state index contributed by atoms with van der Waals surface area (Å²) in [5.41, 5.74) is 0. The summed E-state index contributed by atoms with van der Waals surface area (Å²) >= 11 is 0. The molecule has 0 aromatic heterocycles. The molecule has 0 aromatic rings. The van der Waals surface area contributed by atoms with Gasteiger partial charge in [0, 0.05) is 0 Å². The highest BCUT2D eigenvalue weighted by molar-refractivity contribution is 4.39. The average molecular weight is 138 g/mol. The minimum Gasteiger partial charge on any atom is -1.00 e. The van der Waals surface area contributed by atoms with E-state index in [1.165, 1.54) is 0 Å². The van der Waals surface area contributed by atoms with Crippen molar-refractivity contribution in [2.75, 3.05) is 6.67 Å². The zero-order chi connectivity index (χ0) is 5.21. The summed E-state index contributed by atoms with van der Waals surface area (Å²) in [5.74, 6) is 0. The van der Waals surface area contributed by atoms with Gasteiger partial charge in [-0.25, -0.2) is 4.39 Å². The van der Waals surface area contributed by atoms with Gasteiger partial charge in [-0.05, 0) is 0 Å². The van der Waals surface area contributed by atoms with Crippen molar-refractivity contribution in [3.8, 4) is 0 Å². The van der Waals surface area contributed by atoms with Gasteiger partial charge in [0.2, 0.25) is 0 Å². The van der Waals surface area contributed by atoms with Gasteiger partial charge in [-0.15, -0.1) is 0 Å². The van der Waals surface area contributed by atoms with Crippen LogP contribution in [0, 0.1) is 0 Å². The standard InChI is InChI=1S/C2H2F4.ClH/c3-1-2(4,5)6;/h1H2;1H. The average Bonchev–Trinajstić information content (AvgIpc) is 1.35. The predicted molar refractivity (Wildman–Crippen MR) is 13.1 cm³/mol. The molecule has 0 saturated heterocycles. The highest BCUT2D eigenvalue weighted by Crippen LogP contribution is 2.13. The topological polar surface area (TPSA) is 0 Å². The minimum atomic E-state index is -4.62. The lowest BCUT2D eigenvalue weighted by atomic mass is 10.8. The summed E-state index contributed by atoms with van der Waals surface area (Å²) in [6, 6.07) is 0. The zero-order valence-corrected chi connectivity index (χ0v) is 3.85. The van der Waals surface area contributed by atoms with E-state index < -0.39 is 12.9 Å². The molecule has 0 N–H and O–H groups in total. The van der Waals surface area contributed by atoms with Gasteiger partial charge in [-0.3, -0.25) is 0 Å². The van der Waals surface area contributed by atoms with E-state index in [-0.39, 0.29) is 13.8 Å². The zero-order valence-electron chi connectivity index (χ0n) is 4.10. The van der Waals surface area contributed by atoms with Crippen LogP contribution >= 0.6 is 0 Å². The van der Waals surface area contributed by atoms with Crippen molar-refractivity contribution in [3.05, 3.63) is 0 Å². The predicted octanol–water partition coefficient (Wildman–Crippen LogP) is -1.37. The molecule has 5 heteroatoms. The van der Waals surface area contributed by atoms with Crippen molar-refractivity contribution in [3.63, 3.8) is 0 Å². The van der Waals surface area contributed by atoms with Crippen LogP contribution in [0.2, 0.25) is 0 Å². The Morgan fingerprint density at radius 2 is 1.43 bits per heavy atom. The van der Waals surface area contributed by atoms with Gasteiger partial charge in [0.1, 0.15) is 0 Å². The molecule has 0 rings (SSSR count). The quantitative estimate of drug-likeness (QED) is 0.363. The Labute approximate surface area is 45.4 Å². The molecule has 0 atom stereocenters. The van der Waals surface area contributed by atoms with Crippen LogP contribution in [0.25, 0.3) is 0 Å². The Balaban J connectivity index is -0.000000125. The molecule has 0 nitrogen and oxygen atoms in total. The SMILES string of the molecule is FCC(F)(F)F.[Cl-].[H+]. The van der Waals surface area contributed by atoms with E-state index in [1.807, 2.05) is 0 Å². The third kappa shape index (κ3) is 10.7. The fourth-order valence-electron chi connectivity index (χ4n) is 0. The minimum absolute atomic E-state index is 0. The second-order valence-electron chi connectivity index (χ2n) is 0.749. The van der Waals surface area contributed by atoms with Crippen LogP contribution in [0.5, 0.6) is 0 Å². The summed E-state index contributed by atoms with van der Waals surface area (Å²) in [7, 11) is 0. The largest absolute Gasteiger partial charge is 1.00 e. The molecule has 0 fully saturated rings. The van der Waals surface area contributed by atoms with E-state index in [2.05, 4.69) is 0 Å². The number of alkyl halides is 4. The highest BCUT2D eigenvalue weighted by atomic mass is 35.5. The monoisotopic (exact) mass is 138 g/mol. The third-order valence-corrected chi connectivity index (χ3v) is 0.152. The Morgan fingerprint density at radius 1 is 1.29 bits per heavy atom. The molecule has 46 valence electrons. The number of rotatable bonds is 0. The van der Waals surface area contributed by atoms with Crippen LogP contribution in [-0.2, 0) is 0 Å². The molecule has 0 radical (unpaired) electrons. The second kappa shape index (κ2) is 3.07. The van der Waals surface area contributed by atoms with Crippen molar-refractivity contribution >= 4 is 0 Å². The van der Waals surface area contributed by atoms with E-state index in [4.69, 9.17) is 0 Å². The van der Waals surface area contributed by atoms with Crippen LogP contribution < -0.4 is 12.4 Å². The fourth-order valence-corrected chi connectivity index (χ4v) is 0. The first-order chi connectivity index (χ1) is 2.56. The summed E-state index contributed by atoms with van der Waals surface area (Å²) < 4.78 is 41.6. The molecule has 7 heavy (non-hydrogen) atoms. The van der Waals surface area contributed by atoms with Gasteiger partial charge in [0.05, 0.1) is 0 Å².